The Kier molecular flexibility index (Phi) is 6.19. The highest BCUT2D eigenvalue weighted by Crippen LogP contribution is 2.17. The summed E-state index contributed by atoms with van der Waals surface area (Å²) in [6, 6.07) is 2.43. The van der Waals surface area contributed by atoms with E-state index in [1.54, 1.807) is 0 Å². The summed E-state index contributed by atoms with van der Waals surface area (Å²) in [6.07, 6.45) is 5.01. The lowest BCUT2D eigenvalue weighted by atomic mass is 10.2. The minimum atomic E-state index is -0.0834. The molecule has 6 nitrogen and oxygen atoms in total. The van der Waals surface area contributed by atoms with E-state index in [-0.39, 0.29) is 30.7 Å². The van der Waals surface area contributed by atoms with E-state index in [4.69, 9.17) is 0 Å². The standard InChI is InChI=1S/C17H28N4O2/c1-12-10-13(2)21(20-12)14(3)11-18-16(22)8-9-17(23)19-15-6-4-5-7-15/h10,14-15H,4-9,11H2,1-3H3,(H,18,22)(H,19,23)/t14-/m0/s1. The number of carbonyl (C=O) groups is 2. The van der Waals surface area contributed by atoms with E-state index in [0.717, 1.165) is 24.2 Å². The van der Waals surface area contributed by atoms with Gasteiger partial charge >= 0.3 is 0 Å². The van der Waals surface area contributed by atoms with Crippen molar-refractivity contribution >= 4 is 11.8 Å². The summed E-state index contributed by atoms with van der Waals surface area (Å²) in [6.45, 7) is 6.50. The molecule has 0 spiro atoms. The topological polar surface area (TPSA) is 76.0 Å². The zero-order valence-corrected chi connectivity index (χ0v) is 14.4. The Labute approximate surface area is 138 Å². The van der Waals surface area contributed by atoms with Crippen LogP contribution in [0.25, 0.3) is 0 Å². The summed E-state index contributed by atoms with van der Waals surface area (Å²) in [7, 11) is 0. The monoisotopic (exact) mass is 320 g/mol. The first kappa shape index (κ1) is 17.5. The number of hydrogen-bond donors (Lipinski definition) is 2. The third kappa shape index (κ3) is 5.37. The lowest BCUT2D eigenvalue weighted by molar-refractivity contribution is -0.126. The molecule has 2 N–H and O–H groups in total. The fourth-order valence-corrected chi connectivity index (χ4v) is 3.13. The molecular weight excluding hydrogens is 292 g/mol. The Morgan fingerprint density at radius 3 is 2.52 bits per heavy atom. The van der Waals surface area contributed by atoms with Gasteiger partial charge in [0.1, 0.15) is 0 Å². The molecule has 1 aliphatic carbocycles. The van der Waals surface area contributed by atoms with Crippen LogP contribution in [0.4, 0.5) is 0 Å². The number of aryl methyl sites for hydroxylation is 2. The first-order valence-electron chi connectivity index (χ1n) is 8.54. The Bertz CT molecular complexity index is 547. The number of rotatable bonds is 7. The van der Waals surface area contributed by atoms with Gasteiger partial charge in [-0.2, -0.15) is 5.10 Å². The molecule has 23 heavy (non-hydrogen) atoms. The molecule has 1 aliphatic rings. The van der Waals surface area contributed by atoms with Crippen LogP contribution in [0, 0.1) is 13.8 Å². The van der Waals surface area contributed by atoms with Crippen molar-refractivity contribution in [2.75, 3.05) is 6.54 Å². The van der Waals surface area contributed by atoms with Gasteiger partial charge < -0.3 is 10.6 Å². The molecule has 1 heterocycles. The van der Waals surface area contributed by atoms with E-state index in [0.29, 0.717) is 12.6 Å². The van der Waals surface area contributed by atoms with Gasteiger partial charge in [-0.25, -0.2) is 0 Å². The molecule has 1 atom stereocenters. The Hall–Kier alpha value is -1.85. The largest absolute Gasteiger partial charge is 0.354 e. The molecule has 0 aliphatic heterocycles. The maximum absolute atomic E-state index is 11.9. The van der Waals surface area contributed by atoms with Crippen molar-refractivity contribution in [2.45, 2.75) is 71.4 Å². The van der Waals surface area contributed by atoms with Crippen LogP contribution in [0.5, 0.6) is 0 Å². The highest BCUT2D eigenvalue weighted by Gasteiger charge is 2.17. The second-order valence-corrected chi connectivity index (χ2v) is 6.57. The molecule has 0 radical (unpaired) electrons. The minimum absolute atomic E-state index is 0.0151. The maximum atomic E-state index is 11.9. The van der Waals surface area contributed by atoms with Gasteiger partial charge in [-0.15, -0.1) is 0 Å². The van der Waals surface area contributed by atoms with Gasteiger partial charge in [0.15, 0.2) is 0 Å². The van der Waals surface area contributed by atoms with E-state index in [1.807, 2.05) is 31.5 Å². The molecule has 128 valence electrons. The zero-order chi connectivity index (χ0) is 16.8. The molecule has 1 saturated carbocycles. The van der Waals surface area contributed by atoms with Crippen molar-refractivity contribution in [1.29, 1.82) is 0 Å². The predicted octanol–water partition coefficient (Wildman–Crippen LogP) is 2.02. The molecule has 1 fully saturated rings. The average Bonchev–Trinajstić information content (AvgIpc) is 3.12. The maximum Gasteiger partial charge on any atom is 0.220 e. The first-order valence-corrected chi connectivity index (χ1v) is 8.54. The number of nitrogens with one attached hydrogen (secondary N) is 2. The highest BCUT2D eigenvalue weighted by atomic mass is 16.2. The van der Waals surface area contributed by atoms with E-state index in [2.05, 4.69) is 15.7 Å². The Morgan fingerprint density at radius 1 is 1.26 bits per heavy atom. The normalized spacial score (nSPS) is 16.3. The summed E-state index contributed by atoms with van der Waals surface area (Å²) in [5.41, 5.74) is 2.06. The predicted molar refractivity (Wildman–Crippen MR) is 89.1 cm³/mol. The summed E-state index contributed by atoms with van der Waals surface area (Å²) in [5, 5.41) is 10.3. The number of aromatic nitrogens is 2. The van der Waals surface area contributed by atoms with Gasteiger partial charge in [-0.1, -0.05) is 12.8 Å². The number of nitrogens with zero attached hydrogens (tertiary/aromatic N) is 2. The molecule has 1 aromatic heterocycles. The van der Waals surface area contributed by atoms with E-state index in [1.165, 1.54) is 12.8 Å². The lowest BCUT2D eigenvalue weighted by Gasteiger charge is -2.15. The molecule has 6 heteroatoms. The fraction of sp³-hybridized carbons (Fsp3) is 0.706. The van der Waals surface area contributed by atoms with Crippen molar-refractivity contribution in [1.82, 2.24) is 20.4 Å². The molecule has 0 bridgehead atoms. The van der Waals surface area contributed by atoms with Gasteiger partial charge in [-0.05, 0) is 39.7 Å². The number of hydrogen-bond acceptors (Lipinski definition) is 3. The summed E-state index contributed by atoms with van der Waals surface area (Å²) >= 11 is 0. The molecule has 0 aromatic carbocycles. The van der Waals surface area contributed by atoms with Crippen LogP contribution in [-0.2, 0) is 9.59 Å². The summed E-state index contributed by atoms with van der Waals surface area (Å²) in [4.78, 5) is 23.7. The smallest absolute Gasteiger partial charge is 0.220 e. The molecule has 2 amide bonds. The van der Waals surface area contributed by atoms with Crippen LogP contribution >= 0.6 is 0 Å². The van der Waals surface area contributed by atoms with Crippen LogP contribution in [-0.4, -0.2) is 34.2 Å². The van der Waals surface area contributed by atoms with Crippen LogP contribution in [0.15, 0.2) is 6.07 Å². The lowest BCUT2D eigenvalue weighted by Crippen LogP contribution is -2.34. The zero-order valence-electron chi connectivity index (χ0n) is 14.4. The van der Waals surface area contributed by atoms with E-state index >= 15 is 0 Å². The van der Waals surface area contributed by atoms with Crippen molar-refractivity contribution in [3.05, 3.63) is 17.5 Å². The van der Waals surface area contributed by atoms with Gasteiger partial charge in [0.05, 0.1) is 11.7 Å². The quantitative estimate of drug-likeness (QED) is 0.807. The third-order valence-corrected chi connectivity index (χ3v) is 4.36. The first-order chi connectivity index (χ1) is 11.0. The van der Waals surface area contributed by atoms with Gasteiger partial charge in [-0.3, -0.25) is 14.3 Å². The molecule has 2 rings (SSSR count). The van der Waals surface area contributed by atoms with Gasteiger partial charge in [0.2, 0.25) is 11.8 Å². The van der Waals surface area contributed by atoms with E-state index in [9.17, 15) is 9.59 Å². The Balaban J connectivity index is 1.66. The molecular formula is C17H28N4O2. The van der Waals surface area contributed by atoms with E-state index < -0.39 is 0 Å². The van der Waals surface area contributed by atoms with Crippen molar-refractivity contribution in [3.63, 3.8) is 0 Å². The third-order valence-electron chi connectivity index (χ3n) is 4.36. The molecule has 1 aromatic rings. The summed E-state index contributed by atoms with van der Waals surface area (Å²) < 4.78 is 1.92. The van der Waals surface area contributed by atoms with Crippen LogP contribution in [0.2, 0.25) is 0 Å². The van der Waals surface area contributed by atoms with Crippen molar-refractivity contribution in [2.24, 2.45) is 0 Å². The second-order valence-electron chi connectivity index (χ2n) is 6.57. The van der Waals surface area contributed by atoms with Crippen molar-refractivity contribution in [3.8, 4) is 0 Å². The molecule has 0 saturated heterocycles. The fourth-order valence-electron chi connectivity index (χ4n) is 3.13. The average molecular weight is 320 g/mol. The van der Waals surface area contributed by atoms with Crippen LogP contribution in [0.3, 0.4) is 0 Å². The minimum Gasteiger partial charge on any atom is -0.354 e. The highest BCUT2D eigenvalue weighted by molar-refractivity contribution is 5.83. The SMILES string of the molecule is Cc1cc(C)n([C@@H](C)CNC(=O)CCC(=O)NC2CCCC2)n1. The van der Waals surface area contributed by atoms with Gasteiger partial charge in [0.25, 0.3) is 0 Å². The molecule has 0 unspecified atom stereocenters. The second kappa shape index (κ2) is 8.13. The van der Waals surface area contributed by atoms with Crippen molar-refractivity contribution < 1.29 is 9.59 Å². The van der Waals surface area contributed by atoms with Gasteiger partial charge in [0, 0.05) is 31.1 Å². The Morgan fingerprint density at radius 2 is 1.91 bits per heavy atom. The number of carbonyl (C=O) groups excluding carboxylic acids is 2. The van der Waals surface area contributed by atoms with Crippen LogP contribution in [0.1, 0.15) is 62.9 Å². The summed E-state index contributed by atoms with van der Waals surface area (Å²) in [5.74, 6) is -0.0985. The van der Waals surface area contributed by atoms with Crippen LogP contribution < -0.4 is 10.6 Å². The number of amides is 2.